The van der Waals surface area contributed by atoms with Crippen molar-refractivity contribution in [3.63, 3.8) is 0 Å². The zero-order valence-corrected chi connectivity index (χ0v) is 22.7. The van der Waals surface area contributed by atoms with Gasteiger partial charge in [-0.3, -0.25) is 14.4 Å². The number of rotatable bonds is 14. The van der Waals surface area contributed by atoms with Gasteiger partial charge in [0.15, 0.2) is 0 Å². The van der Waals surface area contributed by atoms with Crippen molar-refractivity contribution >= 4 is 34.6 Å². The summed E-state index contributed by atoms with van der Waals surface area (Å²) in [6, 6.07) is 2.81. The molecule has 0 saturated heterocycles. The molecule has 1 aromatic carbocycles. The van der Waals surface area contributed by atoms with Gasteiger partial charge in [0, 0.05) is 35.4 Å². The number of para-hydroxylation sites is 1. The van der Waals surface area contributed by atoms with Crippen LogP contribution < -0.4 is 21.7 Å². The fourth-order valence-corrected chi connectivity index (χ4v) is 4.32. The Morgan fingerprint density at radius 2 is 1.65 bits per heavy atom. The van der Waals surface area contributed by atoms with Crippen molar-refractivity contribution < 1.29 is 29.4 Å². The molecule has 0 radical (unpaired) electrons. The molecule has 0 spiro atoms. The molecule has 0 aliphatic heterocycles. The summed E-state index contributed by atoms with van der Waals surface area (Å²) >= 11 is 0. The van der Waals surface area contributed by atoms with Crippen LogP contribution in [0.2, 0.25) is 0 Å². The summed E-state index contributed by atoms with van der Waals surface area (Å²) in [7, 11) is 0. The van der Waals surface area contributed by atoms with E-state index in [4.69, 9.17) is 5.73 Å². The Morgan fingerprint density at radius 3 is 2.27 bits per heavy atom. The topological polar surface area (TPSA) is 215 Å². The van der Waals surface area contributed by atoms with Crippen molar-refractivity contribution in [1.82, 2.24) is 30.9 Å². The van der Waals surface area contributed by atoms with E-state index in [2.05, 4.69) is 30.9 Å². The molecule has 9 N–H and O–H groups in total. The predicted octanol–water partition coefficient (Wildman–Crippen LogP) is -0.0306. The van der Waals surface area contributed by atoms with E-state index in [1.54, 1.807) is 13.1 Å². The number of imidazole rings is 1. The Hall–Kier alpha value is -4.23. The number of carbonyl (C=O) groups excluding carboxylic acids is 3. The monoisotopic (exact) mass is 555 g/mol. The standard InChI is InChI=1S/C27H37N7O6/c1-4-14(2)22(33-24(36)19(28)9-16-11-30-20-8-6-5-7-18(16)20)25(37)34-23(15(3)35)26(38)32-21(27(39)40)10-17-12-29-13-31-17/h5-8,11-15,19,21-23,30,35H,4,9-10,28H2,1-3H3,(H,29,31)(H,32,38)(H,33,36)(H,34,37)(H,39,40). The SMILES string of the molecule is CCC(C)C(NC(=O)C(N)Cc1c[nH]c2ccccc12)C(=O)NC(C(=O)NC(Cc1cnc[nH]1)C(=O)O)C(C)O. The second-order valence-electron chi connectivity index (χ2n) is 9.95. The third-order valence-corrected chi connectivity index (χ3v) is 6.90. The molecule has 3 rings (SSSR count). The van der Waals surface area contributed by atoms with Crippen LogP contribution in [0, 0.1) is 5.92 Å². The lowest BCUT2D eigenvalue weighted by atomic mass is 9.96. The molecule has 3 amide bonds. The van der Waals surface area contributed by atoms with Gasteiger partial charge in [-0.2, -0.15) is 0 Å². The average molecular weight is 556 g/mol. The molecule has 3 aromatic rings. The van der Waals surface area contributed by atoms with Crippen molar-refractivity contribution in [1.29, 1.82) is 0 Å². The van der Waals surface area contributed by atoms with Crippen molar-refractivity contribution in [2.24, 2.45) is 11.7 Å². The quantitative estimate of drug-likeness (QED) is 0.135. The van der Waals surface area contributed by atoms with E-state index < -0.39 is 54.0 Å². The minimum atomic E-state index is -1.47. The number of fused-ring (bicyclic) bond motifs is 1. The first-order chi connectivity index (χ1) is 19.0. The molecular formula is C27H37N7O6. The number of nitrogens with two attached hydrogens (primary N) is 1. The molecule has 13 heteroatoms. The molecule has 0 fully saturated rings. The molecule has 0 aliphatic rings. The molecule has 2 heterocycles. The van der Waals surface area contributed by atoms with Crippen molar-refractivity contribution in [2.75, 3.05) is 0 Å². The number of aromatic amines is 2. The van der Waals surface area contributed by atoms with E-state index in [0.717, 1.165) is 16.5 Å². The number of benzene rings is 1. The van der Waals surface area contributed by atoms with Gasteiger partial charge in [-0.25, -0.2) is 9.78 Å². The normalized spacial score (nSPS) is 15.8. The van der Waals surface area contributed by atoms with Crippen LogP contribution in [-0.2, 0) is 32.0 Å². The number of amides is 3. The third kappa shape index (κ3) is 7.67. The lowest BCUT2D eigenvalue weighted by molar-refractivity contribution is -0.143. The number of aromatic nitrogens is 3. The summed E-state index contributed by atoms with van der Waals surface area (Å²) in [5.41, 5.74) is 8.46. The third-order valence-electron chi connectivity index (χ3n) is 6.90. The van der Waals surface area contributed by atoms with E-state index in [0.29, 0.717) is 12.1 Å². The van der Waals surface area contributed by atoms with Gasteiger partial charge in [0.1, 0.15) is 18.1 Å². The number of nitrogens with zero attached hydrogens (tertiary/aromatic N) is 1. The van der Waals surface area contributed by atoms with Crippen LogP contribution in [0.4, 0.5) is 0 Å². The average Bonchev–Trinajstić information content (AvgIpc) is 3.59. The van der Waals surface area contributed by atoms with E-state index in [9.17, 15) is 29.4 Å². The number of carboxylic acids is 1. The summed E-state index contributed by atoms with van der Waals surface area (Å²) in [4.78, 5) is 60.7. The van der Waals surface area contributed by atoms with Crippen molar-refractivity contribution in [3.8, 4) is 0 Å². The highest BCUT2D eigenvalue weighted by molar-refractivity contribution is 5.95. The first-order valence-electron chi connectivity index (χ1n) is 13.1. The van der Waals surface area contributed by atoms with Gasteiger partial charge in [-0.05, 0) is 30.9 Å². The van der Waals surface area contributed by atoms with Crippen LogP contribution in [0.3, 0.4) is 0 Å². The molecular weight excluding hydrogens is 518 g/mol. The van der Waals surface area contributed by atoms with Crippen molar-refractivity contribution in [3.05, 3.63) is 54.2 Å². The lowest BCUT2D eigenvalue weighted by Crippen LogP contribution is -2.61. The first-order valence-corrected chi connectivity index (χ1v) is 13.1. The molecule has 0 bridgehead atoms. The maximum Gasteiger partial charge on any atom is 0.326 e. The number of carboxylic acid groups (broad SMARTS) is 1. The maximum atomic E-state index is 13.3. The highest BCUT2D eigenvalue weighted by Crippen LogP contribution is 2.19. The number of hydrogen-bond donors (Lipinski definition) is 8. The zero-order valence-electron chi connectivity index (χ0n) is 22.7. The van der Waals surface area contributed by atoms with Crippen LogP contribution in [0.25, 0.3) is 10.9 Å². The fraction of sp³-hybridized carbons (Fsp3) is 0.444. The van der Waals surface area contributed by atoms with Crippen LogP contribution >= 0.6 is 0 Å². The van der Waals surface area contributed by atoms with Gasteiger partial charge in [0.05, 0.1) is 18.5 Å². The van der Waals surface area contributed by atoms with Gasteiger partial charge in [-0.1, -0.05) is 38.5 Å². The number of H-pyrrole nitrogens is 2. The Kier molecular flexibility index (Phi) is 10.4. The summed E-state index contributed by atoms with van der Waals surface area (Å²) in [6.45, 7) is 4.90. The van der Waals surface area contributed by atoms with Crippen LogP contribution in [0.5, 0.6) is 0 Å². The number of hydrogen-bond acceptors (Lipinski definition) is 7. The van der Waals surface area contributed by atoms with E-state index in [1.165, 1.54) is 19.4 Å². The van der Waals surface area contributed by atoms with Gasteiger partial charge < -0.3 is 41.9 Å². The number of aliphatic carboxylic acids is 1. The van der Waals surface area contributed by atoms with Crippen LogP contribution in [0.1, 0.15) is 38.4 Å². The maximum absolute atomic E-state index is 13.3. The highest BCUT2D eigenvalue weighted by Gasteiger charge is 2.34. The number of aliphatic hydroxyl groups excluding tert-OH is 1. The molecule has 2 aromatic heterocycles. The largest absolute Gasteiger partial charge is 0.480 e. The second-order valence-corrected chi connectivity index (χ2v) is 9.95. The summed E-state index contributed by atoms with van der Waals surface area (Å²) < 4.78 is 0. The minimum Gasteiger partial charge on any atom is -0.480 e. The molecule has 0 saturated carbocycles. The van der Waals surface area contributed by atoms with E-state index >= 15 is 0 Å². The number of carbonyl (C=O) groups is 4. The lowest BCUT2D eigenvalue weighted by Gasteiger charge is -2.29. The molecule has 6 unspecified atom stereocenters. The molecule has 6 atom stereocenters. The highest BCUT2D eigenvalue weighted by atomic mass is 16.4. The molecule has 216 valence electrons. The Labute approximate surface area is 231 Å². The number of aliphatic hydroxyl groups is 1. The van der Waals surface area contributed by atoms with E-state index in [-0.39, 0.29) is 18.8 Å². The van der Waals surface area contributed by atoms with Crippen LogP contribution in [0.15, 0.2) is 43.0 Å². The number of nitrogens with one attached hydrogen (secondary N) is 5. The first kappa shape index (κ1) is 30.3. The van der Waals surface area contributed by atoms with Crippen LogP contribution in [-0.4, -0.2) is 79.1 Å². The van der Waals surface area contributed by atoms with Gasteiger partial charge in [-0.15, -0.1) is 0 Å². The van der Waals surface area contributed by atoms with Gasteiger partial charge in [0.2, 0.25) is 17.7 Å². The Morgan fingerprint density at radius 1 is 0.975 bits per heavy atom. The summed E-state index contributed by atoms with van der Waals surface area (Å²) in [5, 5.41) is 28.3. The summed E-state index contributed by atoms with van der Waals surface area (Å²) in [6.07, 6.45) is 3.91. The molecule has 0 aliphatic carbocycles. The summed E-state index contributed by atoms with van der Waals surface area (Å²) in [5.74, 6) is -3.78. The fourth-order valence-electron chi connectivity index (χ4n) is 4.32. The van der Waals surface area contributed by atoms with E-state index in [1.807, 2.05) is 31.2 Å². The van der Waals surface area contributed by atoms with Crippen molar-refractivity contribution in [2.45, 2.75) is 70.3 Å². The van der Waals surface area contributed by atoms with Gasteiger partial charge in [0.25, 0.3) is 0 Å². The smallest absolute Gasteiger partial charge is 0.326 e. The minimum absolute atomic E-state index is 0.0819. The second kappa shape index (κ2) is 13.7. The Balaban J connectivity index is 1.68. The molecule has 13 nitrogen and oxygen atoms in total. The van der Waals surface area contributed by atoms with Gasteiger partial charge >= 0.3 is 5.97 Å². The predicted molar refractivity (Wildman–Crippen MR) is 147 cm³/mol. The zero-order chi connectivity index (χ0) is 29.4. The Bertz CT molecular complexity index is 1310. The molecule has 40 heavy (non-hydrogen) atoms.